The molecule has 36 heavy (non-hydrogen) atoms. The fraction of sp³-hybridized carbons (Fsp3) is 0.435. The van der Waals surface area contributed by atoms with Crippen LogP contribution in [0.25, 0.3) is 5.70 Å². The SMILES string of the molecule is C=C(C)C=NC(=C)c1cn(C)nc1C(=O)N1CC(F)(F)CC(C)C1CNc1ncc(C(F)(F)F)cn1. The number of allylic oxidation sites excluding steroid dienone is 1. The minimum atomic E-state index is -4.59. The van der Waals surface area contributed by atoms with Crippen molar-refractivity contribution in [3.8, 4) is 0 Å². The molecule has 0 aliphatic carbocycles. The predicted octanol–water partition coefficient (Wildman–Crippen LogP) is 4.44. The van der Waals surface area contributed by atoms with Crippen LogP contribution in [0.5, 0.6) is 0 Å². The Kier molecular flexibility index (Phi) is 7.60. The van der Waals surface area contributed by atoms with Gasteiger partial charge in [0.25, 0.3) is 11.8 Å². The van der Waals surface area contributed by atoms with Crippen molar-refractivity contribution in [3.63, 3.8) is 0 Å². The minimum Gasteiger partial charge on any atom is -0.352 e. The summed E-state index contributed by atoms with van der Waals surface area (Å²) in [5, 5.41) is 6.92. The van der Waals surface area contributed by atoms with Gasteiger partial charge in [-0.1, -0.05) is 20.1 Å². The summed E-state index contributed by atoms with van der Waals surface area (Å²) in [6.45, 7) is 9.93. The van der Waals surface area contributed by atoms with Crippen LogP contribution in [0, 0.1) is 5.92 Å². The smallest absolute Gasteiger partial charge is 0.352 e. The van der Waals surface area contributed by atoms with Gasteiger partial charge in [-0.05, 0) is 18.4 Å². The van der Waals surface area contributed by atoms with Gasteiger partial charge in [-0.3, -0.25) is 14.5 Å². The third-order valence-electron chi connectivity index (χ3n) is 5.57. The summed E-state index contributed by atoms with van der Waals surface area (Å²) in [5.74, 6) is -4.67. The van der Waals surface area contributed by atoms with E-state index in [9.17, 15) is 26.7 Å². The van der Waals surface area contributed by atoms with Gasteiger partial charge in [0.05, 0.1) is 29.4 Å². The molecule has 13 heteroatoms. The highest BCUT2D eigenvalue weighted by atomic mass is 19.4. The molecule has 1 amide bonds. The molecular formula is C23H26F5N7O. The van der Waals surface area contributed by atoms with E-state index < -0.39 is 48.5 Å². The Balaban J connectivity index is 1.87. The van der Waals surface area contributed by atoms with E-state index in [1.54, 1.807) is 20.9 Å². The lowest BCUT2D eigenvalue weighted by Crippen LogP contribution is -2.57. The Morgan fingerprint density at radius 1 is 1.31 bits per heavy atom. The molecule has 2 aromatic rings. The van der Waals surface area contributed by atoms with E-state index in [0.717, 1.165) is 4.90 Å². The highest BCUT2D eigenvalue weighted by Crippen LogP contribution is 2.36. The Bertz CT molecular complexity index is 1170. The van der Waals surface area contributed by atoms with Crippen LogP contribution < -0.4 is 5.32 Å². The van der Waals surface area contributed by atoms with E-state index >= 15 is 0 Å². The predicted molar refractivity (Wildman–Crippen MR) is 125 cm³/mol. The van der Waals surface area contributed by atoms with Gasteiger partial charge < -0.3 is 10.2 Å². The first-order chi connectivity index (χ1) is 16.7. The maximum Gasteiger partial charge on any atom is 0.419 e. The van der Waals surface area contributed by atoms with E-state index in [4.69, 9.17) is 0 Å². The molecule has 0 aromatic carbocycles. The van der Waals surface area contributed by atoms with Crippen molar-refractivity contribution < 1.29 is 26.7 Å². The number of aryl methyl sites for hydroxylation is 1. The molecule has 2 unspecified atom stereocenters. The van der Waals surface area contributed by atoms with Gasteiger partial charge in [-0.15, -0.1) is 0 Å². The van der Waals surface area contributed by atoms with Gasteiger partial charge >= 0.3 is 6.18 Å². The Morgan fingerprint density at radius 2 is 1.94 bits per heavy atom. The van der Waals surface area contributed by atoms with E-state index in [0.29, 0.717) is 18.0 Å². The number of halogens is 5. The number of aromatic nitrogens is 4. The lowest BCUT2D eigenvalue weighted by molar-refractivity contribution is -0.138. The molecule has 194 valence electrons. The van der Waals surface area contributed by atoms with Crippen molar-refractivity contribution in [2.24, 2.45) is 18.0 Å². The number of anilines is 1. The quantitative estimate of drug-likeness (QED) is 0.439. The van der Waals surface area contributed by atoms with Crippen LogP contribution in [-0.4, -0.2) is 61.8 Å². The summed E-state index contributed by atoms with van der Waals surface area (Å²) in [4.78, 5) is 26.0. The van der Waals surface area contributed by atoms with Crippen molar-refractivity contribution in [1.29, 1.82) is 0 Å². The normalized spacial score (nSPS) is 19.9. The van der Waals surface area contributed by atoms with Crippen LogP contribution in [0.15, 0.2) is 42.3 Å². The van der Waals surface area contributed by atoms with Crippen molar-refractivity contribution in [3.05, 3.63) is 54.1 Å². The molecule has 0 radical (unpaired) electrons. The topological polar surface area (TPSA) is 88.3 Å². The molecule has 1 N–H and O–H groups in total. The monoisotopic (exact) mass is 511 g/mol. The summed E-state index contributed by atoms with van der Waals surface area (Å²) in [7, 11) is 1.57. The number of likely N-dealkylation sites (tertiary alicyclic amines) is 1. The summed E-state index contributed by atoms with van der Waals surface area (Å²) < 4.78 is 68.7. The highest BCUT2D eigenvalue weighted by Gasteiger charge is 2.47. The number of aliphatic imine (C=N–C) groups is 1. The van der Waals surface area contributed by atoms with Crippen LogP contribution in [0.3, 0.4) is 0 Å². The lowest BCUT2D eigenvalue weighted by atomic mass is 9.88. The summed E-state index contributed by atoms with van der Waals surface area (Å²) in [5.41, 5.74) is 0.0160. The molecule has 1 fully saturated rings. The molecule has 0 spiro atoms. The van der Waals surface area contributed by atoms with E-state index in [1.165, 1.54) is 17.1 Å². The third kappa shape index (κ3) is 6.32. The van der Waals surface area contributed by atoms with Crippen LogP contribution in [0.4, 0.5) is 27.9 Å². The van der Waals surface area contributed by atoms with Crippen LogP contribution in [-0.2, 0) is 13.2 Å². The molecule has 8 nitrogen and oxygen atoms in total. The standard InChI is InChI=1S/C23H26F5N7O/c1-13(2)7-29-15(4)17-11-34(5)33-19(17)20(36)35-12-22(24,25)6-14(3)18(35)10-32-21-30-8-16(9-31-21)23(26,27)28/h7-9,11,14,18H,1,4,6,10,12H2,2-3,5H3,(H,30,31,32). The second kappa shape index (κ2) is 10.2. The largest absolute Gasteiger partial charge is 0.419 e. The fourth-order valence-corrected chi connectivity index (χ4v) is 3.89. The second-order valence-corrected chi connectivity index (χ2v) is 8.83. The maximum atomic E-state index is 14.5. The first-order valence-electron chi connectivity index (χ1n) is 10.9. The average molecular weight is 511 g/mol. The maximum absolute atomic E-state index is 14.5. The van der Waals surface area contributed by atoms with Gasteiger partial charge in [0.15, 0.2) is 5.69 Å². The van der Waals surface area contributed by atoms with Crippen molar-refractivity contribution in [2.45, 2.75) is 38.4 Å². The molecule has 3 heterocycles. The number of carbonyl (C=O) groups excluding carboxylic acids is 1. The van der Waals surface area contributed by atoms with Crippen LogP contribution in [0.2, 0.25) is 0 Å². The molecule has 0 saturated carbocycles. The average Bonchev–Trinajstić information content (AvgIpc) is 3.16. The van der Waals surface area contributed by atoms with E-state index in [-0.39, 0.29) is 29.4 Å². The molecule has 3 rings (SSSR count). The summed E-state index contributed by atoms with van der Waals surface area (Å²) >= 11 is 0. The molecule has 1 aliphatic rings. The first-order valence-corrected chi connectivity index (χ1v) is 10.9. The minimum absolute atomic E-state index is 0.0642. The number of hydrogen-bond acceptors (Lipinski definition) is 6. The number of piperidine rings is 1. The molecule has 0 bridgehead atoms. The Labute approximate surface area is 204 Å². The van der Waals surface area contributed by atoms with Crippen molar-refractivity contribution in [1.82, 2.24) is 24.6 Å². The highest BCUT2D eigenvalue weighted by molar-refractivity contribution is 5.98. The number of alkyl halides is 5. The van der Waals surface area contributed by atoms with Crippen molar-refractivity contribution >= 4 is 23.8 Å². The summed E-state index contributed by atoms with van der Waals surface area (Å²) in [6.07, 6.45) is -0.856. The first kappa shape index (κ1) is 27.0. The number of hydrogen-bond donors (Lipinski definition) is 1. The molecule has 2 aromatic heterocycles. The Morgan fingerprint density at radius 3 is 2.53 bits per heavy atom. The van der Waals surface area contributed by atoms with Gasteiger partial charge in [0.2, 0.25) is 5.95 Å². The third-order valence-corrected chi connectivity index (χ3v) is 5.57. The van der Waals surface area contributed by atoms with Gasteiger partial charge in [-0.2, -0.15) is 18.3 Å². The van der Waals surface area contributed by atoms with Crippen molar-refractivity contribution in [2.75, 3.05) is 18.4 Å². The lowest BCUT2D eigenvalue weighted by Gasteiger charge is -2.43. The number of amides is 1. The number of nitrogens with zero attached hydrogens (tertiary/aromatic N) is 6. The fourth-order valence-electron chi connectivity index (χ4n) is 3.89. The van der Waals surface area contributed by atoms with Gasteiger partial charge in [-0.25, -0.2) is 18.7 Å². The number of nitrogens with one attached hydrogen (secondary N) is 1. The molecule has 1 aliphatic heterocycles. The van der Waals surface area contributed by atoms with Gasteiger partial charge in [0.1, 0.15) is 0 Å². The number of carbonyl (C=O) groups is 1. The van der Waals surface area contributed by atoms with Gasteiger partial charge in [0, 0.05) is 44.8 Å². The van der Waals surface area contributed by atoms with Crippen LogP contribution >= 0.6 is 0 Å². The molecule has 2 atom stereocenters. The van der Waals surface area contributed by atoms with Crippen LogP contribution in [0.1, 0.15) is 41.9 Å². The van der Waals surface area contributed by atoms with E-state index in [2.05, 4.69) is 38.5 Å². The zero-order valence-electron chi connectivity index (χ0n) is 20.0. The second-order valence-electron chi connectivity index (χ2n) is 8.83. The molecule has 1 saturated heterocycles. The zero-order chi connectivity index (χ0) is 26.8. The molecular weight excluding hydrogens is 485 g/mol. The number of rotatable bonds is 7. The Hall–Kier alpha value is -3.64. The van der Waals surface area contributed by atoms with E-state index in [1.807, 2.05) is 0 Å². The zero-order valence-corrected chi connectivity index (χ0v) is 20.0. The summed E-state index contributed by atoms with van der Waals surface area (Å²) in [6, 6.07) is -0.745.